The van der Waals surface area contributed by atoms with Crippen molar-refractivity contribution < 1.29 is 28.9 Å². The smallest absolute Gasteiger partial charge is 0.295 e. The SMILES string of the molecule is CCCCCOc1ccc(C2C(=C(O)c3ccc(OCC)cc3)C(=O)C(=O)N2CCc2ccccc2)cc1OCC. The second kappa shape index (κ2) is 14.4. The van der Waals surface area contributed by atoms with Crippen LogP contribution in [0.5, 0.6) is 17.2 Å². The van der Waals surface area contributed by atoms with Crippen LogP contribution in [0.2, 0.25) is 0 Å². The normalized spacial score (nSPS) is 16.2. The van der Waals surface area contributed by atoms with Gasteiger partial charge in [0.25, 0.3) is 11.7 Å². The average molecular weight is 558 g/mol. The van der Waals surface area contributed by atoms with Gasteiger partial charge in [-0.1, -0.05) is 56.2 Å². The second-order valence-electron chi connectivity index (χ2n) is 9.88. The first-order valence-corrected chi connectivity index (χ1v) is 14.4. The van der Waals surface area contributed by atoms with Crippen molar-refractivity contribution in [1.82, 2.24) is 4.90 Å². The maximum absolute atomic E-state index is 13.5. The summed E-state index contributed by atoms with van der Waals surface area (Å²) in [4.78, 5) is 28.5. The number of benzene rings is 3. The number of nitrogens with zero attached hydrogens (tertiary/aromatic N) is 1. The van der Waals surface area contributed by atoms with Crippen LogP contribution in [-0.4, -0.2) is 48.1 Å². The monoisotopic (exact) mass is 557 g/mol. The molecule has 0 radical (unpaired) electrons. The molecule has 7 nitrogen and oxygen atoms in total. The predicted octanol–water partition coefficient (Wildman–Crippen LogP) is 6.72. The van der Waals surface area contributed by atoms with E-state index in [0.29, 0.717) is 61.2 Å². The quantitative estimate of drug-likeness (QED) is 0.103. The van der Waals surface area contributed by atoms with Gasteiger partial charge in [-0.3, -0.25) is 9.59 Å². The van der Waals surface area contributed by atoms with Gasteiger partial charge in [-0.15, -0.1) is 0 Å². The van der Waals surface area contributed by atoms with Gasteiger partial charge in [0.1, 0.15) is 11.5 Å². The highest BCUT2D eigenvalue weighted by Crippen LogP contribution is 2.42. The van der Waals surface area contributed by atoms with Crippen LogP contribution >= 0.6 is 0 Å². The Kier molecular flexibility index (Phi) is 10.4. The lowest BCUT2D eigenvalue weighted by atomic mass is 9.94. The van der Waals surface area contributed by atoms with Crippen LogP contribution in [0.3, 0.4) is 0 Å². The lowest BCUT2D eigenvalue weighted by Gasteiger charge is -2.26. The molecule has 41 heavy (non-hydrogen) atoms. The summed E-state index contributed by atoms with van der Waals surface area (Å²) in [6.07, 6.45) is 3.66. The molecule has 0 saturated carbocycles. The molecule has 1 aliphatic heterocycles. The van der Waals surface area contributed by atoms with Crippen LogP contribution < -0.4 is 14.2 Å². The van der Waals surface area contributed by atoms with Crippen LogP contribution in [0.15, 0.2) is 78.4 Å². The number of carbonyl (C=O) groups excluding carboxylic acids is 2. The van der Waals surface area contributed by atoms with Crippen molar-refractivity contribution >= 4 is 17.4 Å². The van der Waals surface area contributed by atoms with E-state index in [9.17, 15) is 14.7 Å². The van der Waals surface area contributed by atoms with Crippen molar-refractivity contribution in [3.63, 3.8) is 0 Å². The third-order valence-corrected chi connectivity index (χ3v) is 7.05. The zero-order valence-corrected chi connectivity index (χ0v) is 24.1. The molecular weight excluding hydrogens is 518 g/mol. The summed E-state index contributed by atoms with van der Waals surface area (Å²) in [6, 6.07) is 21.3. The lowest BCUT2D eigenvalue weighted by Crippen LogP contribution is -2.31. The van der Waals surface area contributed by atoms with Gasteiger partial charge in [-0.05, 0) is 74.2 Å². The van der Waals surface area contributed by atoms with Crippen molar-refractivity contribution in [1.29, 1.82) is 0 Å². The molecule has 0 spiro atoms. The molecule has 1 unspecified atom stereocenters. The minimum Gasteiger partial charge on any atom is -0.507 e. The summed E-state index contributed by atoms with van der Waals surface area (Å²) in [5.41, 5.74) is 2.19. The lowest BCUT2D eigenvalue weighted by molar-refractivity contribution is -0.139. The maximum atomic E-state index is 13.5. The standard InChI is InChI=1S/C34H39NO6/c1-4-7-11-22-41-28-19-16-26(23-29(28)40-6-3)31-30(32(36)25-14-17-27(18-15-25)39-5-2)33(37)34(38)35(31)21-20-24-12-9-8-10-13-24/h8-10,12-19,23,31,36H,4-7,11,20-22H2,1-3H3. The fourth-order valence-corrected chi connectivity index (χ4v) is 5.00. The number of Topliss-reactive ketones (excluding diaryl/α,β-unsaturated/α-hetero) is 1. The average Bonchev–Trinajstić information content (AvgIpc) is 3.24. The Morgan fingerprint density at radius 3 is 2.24 bits per heavy atom. The summed E-state index contributed by atoms with van der Waals surface area (Å²) in [5.74, 6) is 0.218. The molecule has 1 heterocycles. The molecule has 1 N–H and O–H groups in total. The highest BCUT2D eigenvalue weighted by Gasteiger charge is 2.46. The number of amides is 1. The number of ketones is 1. The Balaban J connectivity index is 1.75. The van der Waals surface area contributed by atoms with Crippen molar-refractivity contribution in [2.45, 2.75) is 52.5 Å². The van der Waals surface area contributed by atoms with Crippen molar-refractivity contribution in [2.75, 3.05) is 26.4 Å². The molecule has 7 heteroatoms. The molecule has 4 rings (SSSR count). The van der Waals surface area contributed by atoms with Crippen LogP contribution in [0.4, 0.5) is 0 Å². The highest BCUT2D eigenvalue weighted by atomic mass is 16.5. The van der Waals surface area contributed by atoms with Crippen molar-refractivity contribution in [3.05, 3.63) is 95.1 Å². The van der Waals surface area contributed by atoms with E-state index in [1.54, 1.807) is 29.2 Å². The van der Waals surface area contributed by atoms with E-state index in [1.165, 1.54) is 0 Å². The highest BCUT2D eigenvalue weighted by molar-refractivity contribution is 6.46. The van der Waals surface area contributed by atoms with Crippen molar-refractivity contribution in [3.8, 4) is 17.2 Å². The molecule has 3 aromatic carbocycles. The molecule has 1 saturated heterocycles. The second-order valence-corrected chi connectivity index (χ2v) is 9.88. The number of aliphatic hydroxyl groups is 1. The Morgan fingerprint density at radius 1 is 0.829 bits per heavy atom. The Hall–Kier alpha value is -4.26. The minimum atomic E-state index is -0.793. The number of hydrogen-bond donors (Lipinski definition) is 1. The molecule has 1 amide bonds. The first-order valence-electron chi connectivity index (χ1n) is 14.4. The van der Waals surface area contributed by atoms with E-state index >= 15 is 0 Å². The molecule has 1 fully saturated rings. The molecular formula is C34H39NO6. The fourth-order valence-electron chi connectivity index (χ4n) is 5.00. The largest absolute Gasteiger partial charge is 0.507 e. The molecule has 3 aromatic rings. The maximum Gasteiger partial charge on any atom is 0.295 e. The summed E-state index contributed by atoms with van der Waals surface area (Å²) in [7, 11) is 0. The third kappa shape index (κ3) is 7.09. The number of unbranched alkanes of at least 4 members (excludes halogenated alkanes) is 2. The number of likely N-dealkylation sites (tertiary alicyclic amines) is 1. The Bertz CT molecular complexity index is 1350. The minimum absolute atomic E-state index is 0.0475. The van der Waals surface area contributed by atoms with Gasteiger partial charge >= 0.3 is 0 Å². The van der Waals surface area contributed by atoms with E-state index in [2.05, 4.69) is 6.92 Å². The third-order valence-electron chi connectivity index (χ3n) is 7.05. The zero-order chi connectivity index (χ0) is 29.2. The summed E-state index contributed by atoms with van der Waals surface area (Å²) in [6.45, 7) is 7.74. The van der Waals surface area contributed by atoms with Gasteiger partial charge in [0.05, 0.1) is 31.4 Å². The summed E-state index contributed by atoms with van der Waals surface area (Å²) in [5, 5.41) is 11.4. The van der Waals surface area contributed by atoms with E-state index in [1.807, 2.05) is 62.4 Å². The fraction of sp³-hybridized carbons (Fsp3) is 0.353. The number of ether oxygens (including phenoxy) is 3. The molecule has 216 valence electrons. The van der Waals surface area contributed by atoms with Gasteiger partial charge in [0, 0.05) is 12.1 Å². The first kappa shape index (κ1) is 29.7. The molecule has 0 bridgehead atoms. The number of aliphatic hydroxyl groups excluding tert-OH is 1. The van der Waals surface area contributed by atoms with E-state index < -0.39 is 17.7 Å². The molecule has 0 aromatic heterocycles. The van der Waals surface area contributed by atoms with E-state index in [0.717, 1.165) is 24.8 Å². The zero-order valence-electron chi connectivity index (χ0n) is 24.1. The van der Waals surface area contributed by atoms with Crippen LogP contribution in [0.25, 0.3) is 5.76 Å². The van der Waals surface area contributed by atoms with Gasteiger partial charge in [-0.2, -0.15) is 0 Å². The summed E-state index contributed by atoms with van der Waals surface area (Å²) < 4.78 is 17.5. The Morgan fingerprint density at radius 2 is 1.56 bits per heavy atom. The van der Waals surface area contributed by atoms with Crippen LogP contribution in [-0.2, 0) is 16.0 Å². The number of rotatable bonds is 14. The molecule has 1 aliphatic rings. The van der Waals surface area contributed by atoms with Gasteiger partial charge in [-0.25, -0.2) is 0 Å². The van der Waals surface area contributed by atoms with Crippen LogP contribution in [0.1, 0.15) is 62.8 Å². The number of carbonyl (C=O) groups is 2. The van der Waals surface area contributed by atoms with E-state index in [-0.39, 0.29) is 11.3 Å². The van der Waals surface area contributed by atoms with Gasteiger partial charge in [0.2, 0.25) is 0 Å². The van der Waals surface area contributed by atoms with Gasteiger partial charge < -0.3 is 24.2 Å². The molecule has 0 aliphatic carbocycles. The predicted molar refractivity (Wildman–Crippen MR) is 159 cm³/mol. The summed E-state index contributed by atoms with van der Waals surface area (Å²) >= 11 is 0. The van der Waals surface area contributed by atoms with Gasteiger partial charge in [0.15, 0.2) is 11.5 Å². The van der Waals surface area contributed by atoms with Crippen LogP contribution in [0, 0.1) is 0 Å². The molecule has 1 atom stereocenters. The topological polar surface area (TPSA) is 85.3 Å². The first-order chi connectivity index (χ1) is 20.0. The number of hydrogen-bond acceptors (Lipinski definition) is 6. The van der Waals surface area contributed by atoms with Crippen molar-refractivity contribution in [2.24, 2.45) is 0 Å². The van der Waals surface area contributed by atoms with E-state index in [4.69, 9.17) is 14.2 Å². The Labute approximate surface area is 242 Å².